The summed E-state index contributed by atoms with van der Waals surface area (Å²) in [4.78, 5) is 24.4. The molecule has 1 atom stereocenters. The second-order valence-electron chi connectivity index (χ2n) is 5.26. The van der Waals surface area contributed by atoms with Crippen molar-refractivity contribution < 1.29 is 14.3 Å². The lowest BCUT2D eigenvalue weighted by Crippen LogP contribution is -2.42. The number of carbonyl (C=O) groups excluding carboxylic acids is 1. The molecular formula is C16H13ClN4O4. The molecule has 0 saturated heterocycles. The summed E-state index contributed by atoms with van der Waals surface area (Å²) in [6.45, 7) is 0. The van der Waals surface area contributed by atoms with Crippen molar-refractivity contribution in [3.05, 3.63) is 81.1 Å². The normalized spacial score (nSPS) is 12.1. The molecule has 0 aliphatic heterocycles. The van der Waals surface area contributed by atoms with Crippen LogP contribution in [0.4, 0.5) is 0 Å². The molecule has 2 aromatic carbocycles. The van der Waals surface area contributed by atoms with Crippen molar-refractivity contribution in [2.75, 3.05) is 0 Å². The van der Waals surface area contributed by atoms with Crippen LogP contribution in [0, 0.1) is 10.1 Å². The number of halogens is 1. The Hall–Kier alpha value is -2.94. The van der Waals surface area contributed by atoms with E-state index >= 15 is 0 Å². The molecule has 25 heavy (non-hydrogen) atoms. The van der Waals surface area contributed by atoms with E-state index in [4.69, 9.17) is 17.4 Å². The van der Waals surface area contributed by atoms with Gasteiger partial charge in [0, 0.05) is 21.6 Å². The monoisotopic (exact) mass is 360 g/mol. The largest absolute Gasteiger partial charge is 0.805 e. The smallest absolute Gasteiger partial charge is 0.285 e. The number of benzene rings is 2. The molecule has 0 bridgehead atoms. The Morgan fingerprint density at radius 2 is 1.88 bits per heavy atom. The lowest BCUT2D eigenvalue weighted by atomic mass is 10.2. The van der Waals surface area contributed by atoms with Gasteiger partial charge in [-0.1, -0.05) is 23.7 Å². The Balaban J connectivity index is 2.00. The number of nitrogens with two attached hydrogens (primary N) is 1. The highest BCUT2D eigenvalue weighted by molar-refractivity contribution is 6.30. The van der Waals surface area contributed by atoms with Crippen molar-refractivity contribution in [1.29, 1.82) is 0 Å². The number of hydrogen-bond donors (Lipinski definition) is 2. The number of aliphatic hydroxyl groups is 1. The zero-order valence-corrected chi connectivity index (χ0v) is 13.5. The summed E-state index contributed by atoms with van der Waals surface area (Å²) < 4.78 is 0.798. The van der Waals surface area contributed by atoms with Crippen LogP contribution >= 0.6 is 11.6 Å². The summed E-state index contributed by atoms with van der Waals surface area (Å²) in [5, 5.41) is 23.6. The lowest BCUT2D eigenvalue weighted by molar-refractivity contribution is -0.465. The van der Waals surface area contributed by atoms with Gasteiger partial charge in [0.1, 0.15) is 11.2 Å². The molecule has 1 heterocycles. The molecule has 1 unspecified atom stereocenters. The van der Waals surface area contributed by atoms with E-state index in [1.165, 1.54) is 36.4 Å². The summed E-state index contributed by atoms with van der Waals surface area (Å²) in [7, 11) is 0. The predicted octanol–water partition coefficient (Wildman–Crippen LogP) is 1.56. The molecule has 3 N–H and O–H groups in total. The minimum absolute atomic E-state index is 0.0430. The third-order valence-corrected chi connectivity index (χ3v) is 3.93. The van der Waals surface area contributed by atoms with Gasteiger partial charge in [-0.05, 0) is 30.3 Å². The highest BCUT2D eigenvalue weighted by atomic mass is 35.5. The maximum Gasteiger partial charge on any atom is 0.285 e. The molecule has 0 fully saturated rings. The van der Waals surface area contributed by atoms with Gasteiger partial charge in [-0.25, -0.2) is 10.9 Å². The molecule has 1 amide bonds. The van der Waals surface area contributed by atoms with Gasteiger partial charge in [0.2, 0.25) is 0 Å². The first-order valence-electron chi connectivity index (χ1n) is 7.16. The van der Waals surface area contributed by atoms with Crippen LogP contribution in [0.3, 0.4) is 0 Å². The number of nitrogens with zero attached hydrogens (tertiary/aromatic N) is 3. The van der Waals surface area contributed by atoms with Crippen LogP contribution in [-0.4, -0.2) is 20.8 Å². The maximum atomic E-state index is 12.4. The number of hydrogen-bond acceptors (Lipinski definition) is 5. The van der Waals surface area contributed by atoms with E-state index in [1.54, 1.807) is 12.1 Å². The van der Waals surface area contributed by atoms with Crippen molar-refractivity contribution in [2.45, 2.75) is 6.23 Å². The number of carbonyl (C=O) groups is 1. The number of rotatable bonds is 3. The van der Waals surface area contributed by atoms with E-state index in [-0.39, 0.29) is 22.3 Å². The van der Waals surface area contributed by atoms with Gasteiger partial charge in [0.25, 0.3) is 17.6 Å². The average Bonchev–Trinajstić information content (AvgIpc) is 2.63. The van der Waals surface area contributed by atoms with Crippen molar-refractivity contribution in [3.63, 3.8) is 0 Å². The van der Waals surface area contributed by atoms with Crippen molar-refractivity contribution in [1.82, 2.24) is 9.74 Å². The van der Waals surface area contributed by atoms with Crippen LogP contribution in [0.25, 0.3) is 11.0 Å². The minimum atomic E-state index is -1.81. The molecule has 9 heteroatoms. The number of para-hydroxylation sites is 2. The fraction of sp³-hybridized carbons (Fsp3) is 0.0625. The molecule has 0 aliphatic rings. The Labute approximate surface area is 146 Å². The molecule has 0 spiro atoms. The Morgan fingerprint density at radius 1 is 1.24 bits per heavy atom. The third-order valence-electron chi connectivity index (χ3n) is 3.68. The summed E-state index contributed by atoms with van der Waals surface area (Å²) in [5.41, 5.74) is -0.0415. The second-order valence-corrected chi connectivity index (χ2v) is 5.69. The van der Waals surface area contributed by atoms with E-state index in [0.717, 1.165) is 6.20 Å². The molecule has 3 aromatic rings. The van der Waals surface area contributed by atoms with Gasteiger partial charge in [-0.2, -0.15) is 0 Å². The first-order chi connectivity index (χ1) is 11.9. The van der Waals surface area contributed by atoms with E-state index < -0.39 is 12.1 Å². The lowest BCUT2D eigenvalue weighted by Gasteiger charge is -2.26. The highest BCUT2D eigenvalue weighted by Crippen LogP contribution is 2.20. The summed E-state index contributed by atoms with van der Waals surface area (Å²) in [6.07, 6.45) is -0.930. The van der Waals surface area contributed by atoms with Crippen LogP contribution in [0.5, 0.6) is 0 Å². The standard InChI is InChI=1S/C16H13ClN4O4/c17-11-7-5-10(6-8-11)15(22)20(18)16(23)14-9-19(24)12-3-1-2-4-13(12)21(14)25/h1-9,16,23H,18H2. The van der Waals surface area contributed by atoms with Gasteiger partial charge in [-0.15, -0.1) is 0 Å². The first-order valence-corrected chi connectivity index (χ1v) is 7.54. The Kier molecular flexibility index (Phi) is 4.41. The van der Waals surface area contributed by atoms with E-state index in [1.807, 2.05) is 0 Å². The molecule has 1 aromatic heterocycles. The topological polar surface area (TPSA) is 118 Å². The number of hydrazine groups is 1. The molecular weight excluding hydrogens is 348 g/mol. The SMILES string of the molecule is NN(C(=O)c1ccc(Cl)cc1)C(O)c1c[n+](=O)c2ccccc2n1[O-]. The molecule has 3 rings (SSSR count). The summed E-state index contributed by atoms with van der Waals surface area (Å²) in [6, 6.07) is 11.9. The zero-order valence-electron chi connectivity index (χ0n) is 12.7. The third kappa shape index (κ3) is 3.05. The van der Waals surface area contributed by atoms with Crippen LogP contribution in [0.1, 0.15) is 22.3 Å². The van der Waals surface area contributed by atoms with Crippen molar-refractivity contribution in [2.24, 2.45) is 5.84 Å². The number of fused-ring (bicyclic) bond motifs is 1. The summed E-state index contributed by atoms with van der Waals surface area (Å²) >= 11 is 5.76. The average molecular weight is 361 g/mol. The minimum Gasteiger partial charge on any atom is -0.805 e. The van der Waals surface area contributed by atoms with Crippen LogP contribution in [0.15, 0.2) is 54.7 Å². The van der Waals surface area contributed by atoms with Crippen molar-refractivity contribution >= 4 is 28.5 Å². The highest BCUT2D eigenvalue weighted by Gasteiger charge is 2.26. The van der Waals surface area contributed by atoms with Crippen molar-refractivity contribution in [3.8, 4) is 0 Å². The van der Waals surface area contributed by atoms with E-state index in [2.05, 4.69) is 0 Å². The fourth-order valence-corrected chi connectivity index (χ4v) is 2.50. The second kappa shape index (κ2) is 6.52. The maximum absolute atomic E-state index is 12.4. The van der Waals surface area contributed by atoms with Gasteiger partial charge in [0.15, 0.2) is 6.23 Å². The van der Waals surface area contributed by atoms with Gasteiger partial charge in [0.05, 0.1) is 4.43 Å². The quantitative estimate of drug-likeness (QED) is 0.241. The zero-order chi connectivity index (χ0) is 18.1. The Morgan fingerprint density at radius 3 is 2.56 bits per heavy atom. The van der Waals surface area contributed by atoms with E-state index in [0.29, 0.717) is 19.2 Å². The van der Waals surface area contributed by atoms with Gasteiger partial charge in [-0.3, -0.25) is 4.79 Å². The number of aliphatic hydroxyl groups excluding tert-OH is 1. The van der Waals surface area contributed by atoms with Crippen LogP contribution in [-0.2, 0) is 0 Å². The van der Waals surface area contributed by atoms with Gasteiger partial charge < -0.3 is 15.0 Å². The first kappa shape index (κ1) is 16.9. The molecule has 8 nitrogen and oxygen atoms in total. The molecule has 0 radical (unpaired) electrons. The van der Waals surface area contributed by atoms with Crippen LogP contribution in [0.2, 0.25) is 5.02 Å². The molecule has 128 valence electrons. The summed E-state index contributed by atoms with van der Waals surface area (Å²) in [5.74, 6) is 4.92. The molecule has 0 aliphatic carbocycles. The number of aromatic nitrogens is 2. The van der Waals surface area contributed by atoms with Crippen LogP contribution < -0.4 is 10.3 Å². The van der Waals surface area contributed by atoms with Gasteiger partial charge >= 0.3 is 0 Å². The molecule has 0 saturated carbocycles. The fourth-order valence-electron chi connectivity index (χ4n) is 2.37. The van der Waals surface area contributed by atoms with E-state index in [9.17, 15) is 20.0 Å². The number of amides is 1. The predicted molar refractivity (Wildman–Crippen MR) is 90.8 cm³/mol. The Bertz CT molecular complexity index is 1000.